The van der Waals surface area contributed by atoms with Gasteiger partial charge in [0.15, 0.2) is 0 Å². The van der Waals surface area contributed by atoms with E-state index >= 15 is 0 Å². The second kappa shape index (κ2) is 8.56. The summed E-state index contributed by atoms with van der Waals surface area (Å²) in [5, 5.41) is 3.19. The number of nitrogens with one attached hydrogen (secondary N) is 1. The van der Waals surface area contributed by atoms with E-state index in [-0.39, 0.29) is 24.8 Å². The molecule has 7 heteroatoms. The van der Waals surface area contributed by atoms with Crippen LogP contribution in [0.5, 0.6) is 0 Å². The molecular weight excluding hydrogens is 372 g/mol. The predicted molar refractivity (Wildman–Crippen MR) is 107 cm³/mol. The number of hydrogen-bond acceptors (Lipinski definition) is 3. The molecule has 26 heavy (non-hydrogen) atoms. The molecule has 5 nitrogen and oxygen atoms in total. The summed E-state index contributed by atoms with van der Waals surface area (Å²) in [5.41, 5.74) is 2.15. The predicted octanol–water partition coefficient (Wildman–Crippen LogP) is 4.26. The van der Waals surface area contributed by atoms with E-state index in [0.29, 0.717) is 10.7 Å². The Morgan fingerprint density at radius 1 is 1.12 bits per heavy atom. The maximum atomic E-state index is 12.4. The first kappa shape index (κ1) is 20.3. The summed E-state index contributed by atoms with van der Waals surface area (Å²) in [6.45, 7) is 4.11. The van der Waals surface area contributed by atoms with Crippen LogP contribution in [0.3, 0.4) is 0 Å². The zero-order valence-electron chi connectivity index (χ0n) is 15.1. The van der Waals surface area contributed by atoms with E-state index in [2.05, 4.69) is 5.32 Å². The van der Waals surface area contributed by atoms with E-state index in [0.717, 1.165) is 21.8 Å². The highest BCUT2D eigenvalue weighted by molar-refractivity contribution is 7.92. The molecule has 0 saturated heterocycles. The molecule has 0 radical (unpaired) electrons. The number of carbonyl (C=O) groups is 1. The molecule has 0 fully saturated rings. The summed E-state index contributed by atoms with van der Waals surface area (Å²) in [6, 6.07) is 14.3. The van der Waals surface area contributed by atoms with Gasteiger partial charge in [-0.15, -0.1) is 0 Å². The molecule has 2 aromatic rings. The Morgan fingerprint density at radius 3 is 2.35 bits per heavy atom. The van der Waals surface area contributed by atoms with E-state index in [1.54, 1.807) is 24.3 Å². The second-order valence-electron chi connectivity index (χ2n) is 6.33. The van der Waals surface area contributed by atoms with Gasteiger partial charge in [0.05, 0.1) is 17.0 Å². The highest BCUT2D eigenvalue weighted by atomic mass is 35.5. The Hall–Kier alpha value is -2.05. The van der Waals surface area contributed by atoms with Crippen molar-refractivity contribution < 1.29 is 13.2 Å². The molecule has 2 aromatic carbocycles. The van der Waals surface area contributed by atoms with Crippen LogP contribution in [-0.4, -0.2) is 27.1 Å². The third kappa shape index (κ3) is 5.22. The zero-order valence-corrected chi connectivity index (χ0v) is 16.6. The van der Waals surface area contributed by atoms with E-state index < -0.39 is 10.0 Å². The van der Waals surface area contributed by atoms with Crippen LogP contribution >= 0.6 is 11.6 Å². The molecule has 0 aromatic heterocycles. The molecule has 0 atom stereocenters. The highest BCUT2D eigenvalue weighted by Gasteiger charge is 2.21. The summed E-state index contributed by atoms with van der Waals surface area (Å²) >= 11 is 6.12. The van der Waals surface area contributed by atoms with Gasteiger partial charge in [-0.3, -0.25) is 9.10 Å². The topological polar surface area (TPSA) is 66.5 Å². The minimum absolute atomic E-state index is 0.0121. The van der Waals surface area contributed by atoms with Gasteiger partial charge in [0.1, 0.15) is 0 Å². The summed E-state index contributed by atoms with van der Waals surface area (Å²) in [4.78, 5) is 12.4. The molecular formula is C19H23ClN2O3S. The third-order valence-electron chi connectivity index (χ3n) is 3.92. The van der Waals surface area contributed by atoms with Crippen LogP contribution < -0.4 is 9.62 Å². The first-order valence-electron chi connectivity index (χ1n) is 8.31. The van der Waals surface area contributed by atoms with Crippen LogP contribution in [0.4, 0.5) is 11.4 Å². The van der Waals surface area contributed by atoms with Crippen molar-refractivity contribution in [1.29, 1.82) is 0 Å². The van der Waals surface area contributed by atoms with Gasteiger partial charge in [-0.05, 0) is 29.7 Å². The number of hydrogen-bond donors (Lipinski definition) is 1. The van der Waals surface area contributed by atoms with Crippen LogP contribution in [0.1, 0.15) is 31.7 Å². The number of rotatable bonds is 7. The van der Waals surface area contributed by atoms with Gasteiger partial charge in [-0.1, -0.05) is 55.8 Å². The molecule has 0 aliphatic carbocycles. The van der Waals surface area contributed by atoms with E-state index in [1.165, 1.54) is 0 Å². The highest BCUT2D eigenvalue weighted by Crippen LogP contribution is 2.28. The average molecular weight is 395 g/mol. The number of para-hydroxylation sites is 2. The molecule has 1 N–H and O–H groups in total. The van der Waals surface area contributed by atoms with Crippen molar-refractivity contribution in [1.82, 2.24) is 0 Å². The number of benzene rings is 2. The van der Waals surface area contributed by atoms with Gasteiger partial charge in [0.25, 0.3) is 0 Å². The third-order valence-corrected chi connectivity index (χ3v) is 5.42. The van der Waals surface area contributed by atoms with Crippen molar-refractivity contribution in [3.05, 3.63) is 59.1 Å². The Kier molecular flexibility index (Phi) is 6.67. The molecule has 0 spiro atoms. The van der Waals surface area contributed by atoms with Crippen LogP contribution in [0, 0.1) is 0 Å². The lowest BCUT2D eigenvalue weighted by molar-refractivity contribution is -0.116. The van der Waals surface area contributed by atoms with Gasteiger partial charge < -0.3 is 5.32 Å². The van der Waals surface area contributed by atoms with E-state index in [1.807, 2.05) is 38.1 Å². The summed E-state index contributed by atoms with van der Waals surface area (Å²) < 4.78 is 25.4. The van der Waals surface area contributed by atoms with Crippen LogP contribution in [0.15, 0.2) is 48.5 Å². The van der Waals surface area contributed by atoms with Crippen molar-refractivity contribution in [3.63, 3.8) is 0 Å². The molecule has 0 aliphatic heterocycles. The zero-order chi connectivity index (χ0) is 19.3. The molecule has 2 rings (SSSR count). The normalized spacial score (nSPS) is 11.4. The number of amides is 1. The molecule has 0 aliphatic rings. The van der Waals surface area contributed by atoms with Gasteiger partial charge in [0.2, 0.25) is 15.9 Å². The standard InChI is InChI=1S/C19H23ClN2O3S/c1-14(2)15-8-4-6-10-17(15)21-19(23)12-13-22(26(3,24)25)18-11-7-5-9-16(18)20/h4-11,14H,12-13H2,1-3H3,(H,21,23). The molecule has 140 valence electrons. The van der Waals surface area contributed by atoms with Crippen LogP contribution in [0.2, 0.25) is 5.02 Å². The lowest BCUT2D eigenvalue weighted by atomic mass is 10.0. The van der Waals surface area contributed by atoms with Crippen molar-refractivity contribution in [3.8, 4) is 0 Å². The first-order valence-corrected chi connectivity index (χ1v) is 10.5. The lowest BCUT2D eigenvalue weighted by Crippen LogP contribution is -2.33. The smallest absolute Gasteiger partial charge is 0.232 e. The SMILES string of the molecule is CC(C)c1ccccc1NC(=O)CCN(c1ccccc1Cl)S(C)(=O)=O. The van der Waals surface area contributed by atoms with Gasteiger partial charge in [-0.2, -0.15) is 0 Å². The Bertz CT molecular complexity index is 882. The fourth-order valence-electron chi connectivity index (χ4n) is 2.65. The Morgan fingerprint density at radius 2 is 1.73 bits per heavy atom. The lowest BCUT2D eigenvalue weighted by Gasteiger charge is -2.23. The van der Waals surface area contributed by atoms with Gasteiger partial charge in [0, 0.05) is 18.7 Å². The maximum Gasteiger partial charge on any atom is 0.232 e. The number of halogens is 1. The Balaban J connectivity index is 2.13. The molecule has 0 bridgehead atoms. The summed E-state index contributed by atoms with van der Waals surface area (Å²) in [6.07, 6.45) is 1.12. The second-order valence-corrected chi connectivity index (χ2v) is 8.64. The largest absolute Gasteiger partial charge is 0.326 e. The monoisotopic (exact) mass is 394 g/mol. The van der Waals surface area contributed by atoms with Gasteiger partial charge in [-0.25, -0.2) is 8.42 Å². The molecule has 0 heterocycles. The van der Waals surface area contributed by atoms with Crippen molar-refractivity contribution in [2.45, 2.75) is 26.2 Å². The maximum absolute atomic E-state index is 12.4. The van der Waals surface area contributed by atoms with Gasteiger partial charge >= 0.3 is 0 Å². The molecule has 0 saturated carbocycles. The number of carbonyl (C=O) groups excluding carboxylic acids is 1. The summed E-state index contributed by atoms with van der Waals surface area (Å²) in [7, 11) is -3.56. The number of nitrogens with zero attached hydrogens (tertiary/aromatic N) is 1. The fraction of sp³-hybridized carbons (Fsp3) is 0.316. The molecule has 0 unspecified atom stereocenters. The molecule has 1 amide bonds. The minimum atomic E-state index is -3.56. The van der Waals surface area contributed by atoms with Crippen LogP contribution in [0.25, 0.3) is 0 Å². The quantitative estimate of drug-likeness (QED) is 0.763. The summed E-state index contributed by atoms with van der Waals surface area (Å²) in [5.74, 6) is 0.0148. The Labute approximate surface area is 160 Å². The minimum Gasteiger partial charge on any atom is -0.326 e. The van der Waals surface area contributed by atoms with E-state index in [4.69, 9.17) is 11.6 Å². The van der Waals surface area contributed by atoms with Crippen molar-refractivity contribution in [2.75, 3.05) is 22.4 Å². The van der Waals surface area contributed by atoms with Crippen molar-refractivity contribution >= 4 is 38.9 Å². The van der Waals surface area contributed by atoms with E-state index in [9.17, 15) is 13.2 Å². The average Bonchev–Trinajstić information content (AvgIpc) is 2.55. The van der Waals surface area contributed by atoms with Crippen LogP contribution in [-0.2, 0) is 14.8 Å². The fourth-order valence-corrected chi connectivity index (χ4v) is 3.88. The number of anilines is 2. The number of sulfonamides is 1. The first-order chi connectivity index (χ1) is 12.2. The van der Waals surface area contributed by atoms with Crippen molar-refractivity contribution in [2.24, 2.45) is 0 Å².